The second-order valence-electron chi connectivity index (χ2n) is 10.2. The van der Waals surface area contributed by atoms with Gasteiger partial charge < -0.3 is 19.9 Å². The molecule has 2 N–H and O–H groups in total. The summed E-state index contributed by atoms with van der Waals surface area (Å²) in [6.45, 7) is 9.23. The third-order valence-electron chi connectivity index (χ3n) is 6.63. The quantitative estimate of drug-likeness (QED) is 0.483. The average Bonchev–Trinajstić information content (AvgIpc) is 3.10. The maximum absolute atomic E-state index is 12.4. The number of carbonyl (C=O) groups excluding carboxylic acids is 1. The summed E-state index contributed by atoms with van der Waals surface area (Å²) in [7, 11) is 1.71. The van der Waals surface area contributed by atoms with Crippen LogP contribution in [0, 0.1) is 0 Å². The molecule has 5 nitrogen and oxygen atoms in total. The molecule has 3 rings (SSSR count). The Morgan fingerprint density at radius 1 is 1.03 bits per heavy atom. The standard InChI is InChI=1S/C28H39NO4/c1-27(2,32-5)15-16-33-28(3,4)19-29-26(31)12-8-9-20-13-14-23-21-10-6-7-11-22(21)25(18-30)24(23)17-20/h6-7,10-11,13-14,17,25,30H,8-9,12,15-16,18-19H2,1-5H3,(H,29,31). The van der Waals surface area contributed by atoms with Gasteiger partial charge in [0.15, 0.2) is 0 Å². The molecule has 1 unspecified atom stereocenters. The number of carbonyl (C=O) groups is 1. The van der Waals surface area contributed by atoms with E-state index in [0.29, 0.717) is 19.6 Å². The number of nitrogens with one attached hydrogen (secondary N) is 1. The maximum atomic E-state index is 12.4. The first kappa shape index (κ1) is 25.4. The highest BCUT2D eigenvalue weighted by molar-refractivity contribution is 5.79. The molecule has 180 valence electrons. The van der Waals surface area contributed by atoms with Crippen LogP contribution in [0.25, 0.3) is 11.1 Å². The molecule has 1 aliphatic carbocycles. The van der Waals surface area contributed by atoms with Crippen LogP contribution in [-0.4, -0.2) is 49.1 Å². The van der Waals surface area contributed by atoms with Gasteiger partial charge in [0, 0.05) is 26.0 Å². The lowest BCUT2D eigenvalue weighted by Crippen LogP contribution is -2.41. The van der Waals surface area contributed by atoms with Crippen molar-refractivity contribution in [2.45, 2.75) is 70.5 Å². The van der Waals surface area contributed by atoms with Crippen molar-refractivity contribution in [1.82, 2.24) is 5.32 Å². The van der Waals surface area contributed by atoms with E-state index in [2.05, 4.69) is 35.6 Å². The van der Waals surface area contributed by atoms with Crippen molar-refractivity contribution in [1.29, 1.82) is 0 Å². The first-order valence-electron chi connectivity index (χ1n) is 11.9. The fraction of sp³-hybridized carbons (Fsp3) is 0.536. The van der Waals surface area contributed by atoms with Crippen LogP contribution in [0.5, 0.6) is 0 Å². The zero-order valence-electron chi connectivity index (χ0n) is 20.7. The van der Waals surface area contributed by atoms with E-state index in [0.717, 1.165) is 19.3 Å². The number of methoxy groups -OCH3 is 1. The molecule has 0 aliphatic heterocycles. The highest BCUT2D eigenvalue weighted by atomic mass is 16.5. The van der Waals surface area contributed by atoms with E-state index < -0.39 is 5.60 Å². The van der Waals surface area contributed by atoms with Gasteiger partial charge >= 0.3 is 0 Å². The molecule has 2 aromatic rings. The Bertz CT molecular complexity index is 951. The molecule has 0 heterocycles. The molecule has 1 atom stereocenters. The van der Waals surface area contributed by atoms with Crippen LogP contribution in [0.1, 0.15) is 69.6 Å². The van der Waals surface area contributed by atoms with Crippen molar-refractivity contribution in [3.8, 4) is 11.1 Å². The molecule has 33 heavy (non-hydrogen) atoms. The molecule has 0 saturated carbocycles. The van der Waals surface area contributed by atoms with Crippen LogP contribution < -0.4 is 5.32 Å². The van der Waals surface area contributed by atoms with Crippen molar-refractivity contribution in [3.05, 3.63) is 59.2 Å². The van der Waals surface area contributed by atoms with Crippen molar-refractivity contribution in [3.63, 3.8) is 0 Å². The fourth-order valence-electron chi connectivity index (χ4n) is 4.29. The molecular weight excluding hydrogens is 414 g/mol. The predicted molar refractivity (Wildman–Crippen MR) is 132 cm³/mol. The molecule has 1 amide bonds. The minimum atomic E-state index is -0.423. The third kappa shape index (κ3) is 6.66. The van der Waals surface area contributed by atoms with Crippen molar-refractivity contribution in [2.75, 3.05) is 26.9 Å². The molecule has 5 heteroatoms. The van der Waals surface area contributed by atoms with E-state index in [4.69, 9.17) is 9.47 Å². The fourth-order valence-corrected chi connectivity index (χ4v) is 4.29. The number of benzene rings is 2. The largest absolute Gasteiger partial charge is 0.395 e. The van der Waals surface area contributed by atoms with Crippen LogP contribution in [0.3, 0.4) is 0 Å². The molecule has 0 radical (unpaired) electrons. The van der Waals surface area contributed by atoms with Crippen LogP contribution >= 0.6 is 0 Å². The summed E-state index contributed by atoms with van der Waals surface area (Å²) >= 11 is 0. The van der Waals surface area contributed by atoms with E-state index in [1.807, 2.05) is 39.8 Å². The highest BCUT2D eigenvalue weighted by Gasteiger charge is 2.28. The Labute approximate surface area is 198 Å². The van der Waals surface area contributed by atoms with E-state index in [9.17, 15) is 9.90 Å². The van der Waals surface area contributed by atoms with Crippen LogP contribution in [0.2, 0.25) is 0 Å². The zero-order chi connectivity index (χ0) is 24.1. The summed E-state index contributed by atoms with van der Waals surface area (Å²) in [5.74, 6) is 0.0850. The number of hydrogen-bond acceptors (Lipinski definition) is 4. The smallest absolute Gasteiger partial charge is 0.220 e. The second-order valence-corrected chi connectivity index (χ2v) is 10.2. The van der Waals surface area contributed by atoms with Gasteiger partial charge in [-0.15, -0.1) is 0 Å². The summed E-state index contributed by atoms with van der Waals surface area (Å²) in [6.07, 6.45) is 2.89. The van der Waals surface area contributed by atoms with Gasteiger partial charge in [-0.1, -0.05) is 42.5 Å². The molecular formula is C28H39NO4. The molecule has 1 aliphatic rings. The summed E-state index contributed by atoms with van der Waals surface area (Å²) in [6, 6.07) is 14.8. The lowest BCUT2D eigenvalue weighted by Gasteiger charge is -2.29. The van der Waals surface area contributed by atoms with Gasteiger partial charge in [0.2, 0.25) is 5.91 Å². The number of aliphatic hydroxyl groups excluding tert-OH is 1. The monoisotopic (exact) mass is 453 g/mol. The Kier molecular flexibility index (Phi) is 8.33. The van der Waals surface area contributed by atoms with Gasteiger partial charge in [-0.2, -0.15) is 0 Å². The normalized spacial score (nSPS) is 15.3. The van der Waals surface area contributed by atoms with Crippen molar-refractivity contribution in [2.24, 2.45) is 0 Å². The van der Waals surface area contributed by atoms with E-state index in [1.54, 1.807) is 7.11 Å². The third-order valence-corrected chi connectivity index (χ3v) is 6.63. The summed E-state index contributed by atoms with van der Waals surface area (Å²) in [5.41, 5.74) is 5.39. The Balaban J connectivity index is 1.45. The summed E-state index contributed by atoms with van der Waals surface area (Å²) in [4.78, 5) is 12.4. The van der Waals surface area contributed by atoms with Gasteiger partial charge in [-0.3, -0.25) is 4.79 Å². The van der Waals surface area contributed by atoms with Gasteiger partial charge in [0.1, 0.15) is 0 Å². The summed E-state index contributed by atoms with van der Waals surface area (Å²) in [5, 5.41) is 13.0. The number of rotatable bonds is 12. The van der Waals surface area contributed by atoms with E-state index in [1.165, 1.54) is 27.8 Å². The molecule has 0 spiro atoms. The highest BCUT2D eigenvalue weighted by Crippen LogP contribution is 2.44. The van der Waals surface area contributed by atoms with Crippen LogP contribution in [0.15, 0.2) is 42.5 Å². The SMILES string of the molecule is COC(C)(C)CCOC(C)(C)CNC(=O)CCCc1ccc2c(c1)C(CO)c1ccccc1-2. The number of amides is 1. The topological polar surface area (TPSA) is 67.8 Å². The number of hydrogen-bond donors (Lipinski definition) is 2. The Morgan fingerprint density at radius 2 is 1.76 bits per heavy atom. The van der Waals surface area contributed by atoms with Crippen molar-refractivity contribution >= 4 is 5.91 Å². The average molecular weight is 454 g/mol. The molecule has 0 bridgehead atoms. The second kappa shape index (κ2) is 10.8. The summed E-state index contributed by atoms with van der Waals surface area (Å²) < 4.78 is 11.4. The van der Waals surface area contributed by atoms with Crippen LogP contribution in [-0.2, 0) is 20.7 Å². The molecule has 0 saturated heterocycles. The van der Waals surface area contributed by atoms with Gasteiger partial charge in [0.05, 0.1) is 24.4 Å². The Hall–Kier alpha value is -2.21. The Morgan fingerprint density at radius 3 is 2.48 bits per heavy atom. The molecule has 0 aromatic heterocycles. The minimum Gasteiger partial charge on any atom is -0.395 e. The zero-order valence-corrected chi connectivity index (χ0v) is 20.7. The number of aliphatic hydroxyl groups is 1. The molecule has 0 fully saturated rings. The van der Waals surface area contributed by atoms with Gasteiger partial charge in [-0.05, 0) is 74.8 Å². The first-order valence-corrected chi connectivity index (χ1v) is 11.9. The maximum Gasteiger partial charge on any atom is 0.220 e. The van der Waals surface area contributed by atoms with Gasteiger partial charge in [0.25, 0.3) is 0 Å². The van der Waals surface area contributed by atoms with Crippen LogP contribution in [0.4, 0.5) is 0 Å². The van der Waals surface area contributed by atoms with E-state index in [-0.39, 0.29) is 24.0 Å². The number of fused-ring (bicyclic) bond motifs is 3. The number of aryl methyl sites for hydroxylation is 1. The van der Waals surface area contributed by atoms with E-state index >= 15 is 0 Å². The van der Waals surface area contributed by atoms with Gasteiger partial charge in [-0.25, -0.2) is 0 Å². The lowest BCUT2D eigenvalue weighted by molar-refractivity contribution is -0.123. The first-order chi connectivity index (χ1) is 15.7. The molecule has 2 aromatic carbocycles. The van der Waals surface area contributed by atoms with Crippen molar-refractivity contribution < 1.29 is 19.4 Å². The number of ether oxygens (including phenoxy) is 2. The minimum absolute atomic E-state index is 0.0381. The predicted octanol–water partition coefficient (Wildman–Crippen LogP) is 4.84. The lowest BCUT2D eigenvalue weighted by atomic mass is 9.95.